The maximum atomic E-state index is 12.7. The number of likely N-dealkylation sites (tertiary alicyclic amines) is 1. The summed E-state index contributed by atoms with van der Waals surface area (Å²) in [5.41, 5.74) is 2.35. The van der Waals surface area contributed by atoms with Crippen molar-refractivity contribution < 1.29 is 19.4 Å². The molecule has 26 heavy (non-hydrogen) atoms. The maximum Gasteiger partial charge on any atom is 0.255 e. The molecule has 0 saturated carbocycles. The summed E-state index contributed by atoms with van der Waals surface area (Å²) in [7, 11) is 1.57. The smallest absolute Gasteiger partial charge is 0.255 e. The van der Waals surface area contributed by atoms with Gasteiger partial charge in [0, 0.05) is 30.1 Å². The minimum Gasteiger partial charge on any atom is -0.508 e. The van der Waals surface area contributed by atoms with E-state index in [0.29, 0.717) is 40.0 Å². The van der Waals surface area contributed by atoms with Gasteiger partial charge in [-0.3, -0.25) is 9.69 Å². The predicted molar refractivity (Wildman–Crippen MR) is 98.3 cm³/mol. The van der Waals surface area contributed by atoms with Crippen LogP contribution in [0.25, 0.3) is 22.3 Å². The lowest BCUT2D eigenvalue weighted by Crippen LogP contribution is -2.36. The van der Waals surface area contributed by atoms with Crippen LogP contribution in [0.15, 0.2) is 40.8 Å². The Morgan fingerprint density at radius 1 is 1.15 bits per heavy atom. The van der Waals surface area contributed by atoms with Crippen molar-refractivity contribution in [2.75, 3.05) is 20.1 Å². The lowest BCUT2D eigenvalue weighted by molar-refractivity contribution is 0.0964. The molecule has 1 amide bonds. The molecule has 3 N–H and O–H groups in total. The van der Waals surface area contributed by atoms with Gasteiger partial charge in [-0.1, -0.05) is 0 Å². The molecule has 3 aromatic rings. The minimum absolute atomic E-state index is 0.141. The number of carbonyl (C=O) groups excluding carboxylic acids is 1. The Morgan fingerprint density at radius 3 is 2.50 bits per heavy atom. The molecular weight excluding hydrogens is 332 g/mol. The van der Waals surface area contributed by atoms with Crippen molar-refractivity contribution in [3.05, 3.63) is 47.5 Å². The molecule has 0 unspecified atom stereocenters. The number of nitrogens with one attached hydrogen (secondary N) is 1. The Morgan fingerprint density at radius 2 is 1.88 bits per heavy atom. The highest BCUT2D eigenvalue weighted by Crippen LogP contribution is 2.39. The van der Waals surface area contributed by atoms with Crippen LogP contribution >= 0.6 is 0 Å². The van der Waals surface area contributed by atoms with Crippen LogP contribution in [-0.4, -0.2) is 41.2 Å². The third-order valence-electron chi connectivity index (χ3n) is 4.85. The molecule has 1 aliphatic rings. The van der Waals surface area contributed by atoms with E-state index in [-0.39, 0.29) is 17.4 Å². The number of phenols is 2. The van der Waals surface area contributed by atoms with Crippen LogP contribution < -0.4 is 5.32 Å². The second-order valence-corrected chi connectivity index (χ2v) is 6.50. The Hall–Kier alpha value is -2.99. The fourth-order valence-electron chi connectivity index (χ4n) is 3.33. The molecule has 2 aromatic carbocycles. The van der Waals surface area contributed by atoms with Crippen molar-refractivity contribution in [3.63, 3.8) is 0 Å². The number of hydrogen-bond donors (Lipinski definition) is 3. The number of amides is 1. The molecule has 0 aliphatic carbocycles. The summed E-state index contributed by atoms with van der Waals surface area (Å²) in [6.07, 6.45) is 1.14. The van der Waals surface area contributed by atoms with Crippen LogP contribution in [0.5, 0.6) is 11.5 Å². The topological polar surface area (TPSA) is 85.9 Å². The number of phenolic OH excluding ortho intramolecular Hbond substituents is 2. The van der Waals surface area contributed by atoms with Gasteiger partial charge in [-0.25, -0.2) is 0 Å². The number of fused-ring (bicyclic) bond motifs is 1. The zero-order chi connectivity index (χ0) is 18.3. The van der Waals surface area contributed by atoms with Crippen LogP contribution in [-0.2, 0) is 6.54 Å². The largest absolute Gasteiger partial charge is 0.508 e. The summed E-state index contributed by atoms with van der Waals surface area (Å²) < 4.78 is 6.00. The highest BCUT2D eigenvalue weighted by atomic mass is 16.3. The Labute approximate surface area is 150 Å². The average Bonchev–Trinajstić information content (AvgIpc) is 2.99. The summed E-state index contributed by atoms with van der Waals surface area (Å²) >= 11 is 0. The number of hydrogen-bond acceptors (Lipinski definition) is 5. The Bertz CT molecular complexity index is 972. The molecule has 1 aromatic heterocycles. The van der Waals surface area contributed by atoms with E-state index in [1.54, 1.807) is 43.4 Å². The van der Waals surface area contributed by atoms with E-state index >= 15 is 0 Å². The monoisotopic (exact) mass is 352 g/mol. The third kappa shape index (κ3) is 2.68. The molecule has 0 spiro atoms. The minimum atomic E-state index is -0.276. The fraction of sp³-hybridized carbons (Fsp3) is 0.250. The van der Waals surface area contributed by atoms with Crippen molar-refractivity contribution in [2.45, 2.75) is 13.0 Å². The first kappa shape index (κ1) is 16.5. The van der Waals surface area contributed by atoms with E-state index in [1.165, 1.54) is 0 Å². The number of aromatic hydroxyl groups is 2. The quantitative estimate of drug-likeness (QED) is 0.672. The van der Waals surface area contributed by atoms with Crippen LogP contribution in [0.3, 0.4) is 0 Å². The number of rotatable bonds is 4. The van der Waals surface area contributed by atoms with Gasteiger partial charge in [0.15, 0.2) is 0 Å². The molecule has 6 heteroatoms. The maximum absolute atomic E-state index is 12.7. The van der Waals surface area contributed by atoms with Gasteiger partial charge in [-0.2, -0.15) is 0 Å². The second kappa shape index (κ2) is 6.38. The molecule has 134 valence electrons. The van der Waals surface area contributed by atoms with Gasteiger partial charge in [-0.15, -0.1) is 0 Å². The van der Waals surface area contributed by atoms with Gasteiger partial charge in [0.1, 0.15) is 22.8 Å². The molecule has 1 aliphatic heterocycles. The number of carbonyl (C=O) groups is 1. The van der Waals surface area contributed by atoms with E-state index in [0.717, 1.165) is 19.5 Å². The summed E-state index contributed by atoms with van der Waals surface area (Å²) in [4.78, 5) is 14.9. The van der Waals surface area contributed by atoms with E-state index in [1.807, 2.05) is 0 Å². The van der Waals surface area contributed by atoms with Crippen molar-refractivity contribution in [1.29, 1.82) is 0 Å². The third-order valence-corrected chi connectivity index (χ3v) is 4.85. The molecule has 6 nitrogen and oxygen atoms in total. The van der Waals surface area contributed by atoms with Crippen LogP contribution in [0.1, 0.15) is 22.3 Å². The summed E-state index contributed by atoms with van der Waals surface area (Å²) in [6, 6.07) is 9.79. The van der Waals surface area contributed by atoms with Crippen molar-refractivity contribution >= 4 is 16.9 Å². The van der Waals surface area contributed by atoms with Crippen LogP contribution in [0.2, 0.25) is 0 Å². The molecule has 2 heterocycles. The number of nitrogens with zero attached hydrogens (tertiary/aromatic N) is 1. The van der Waals surface area contributed by atoms with Crippen LogP contribution in [0, 0.1) is 0 Å². The lowest BCUT2D eigenvalue weighted by atomic mass is 9.99. The highest BCUT2D eigenvalue weighted by Gasteiger charge is 2.27. The first-order valence-electron chi connectivity index (χ1n) is 8.59. The van der Waals surface area contributed by atoms with Crippen molar-refractivity contribution in [1.82, 2.24) is 10.2 Å². The predicted octanol–water partition coefficient (Wildman–Crippen LogP) is 3.08. The Kier molecular flexibility index (Phi) is 4.05. The average molecular weight is 352 g/mol. The van der Waals surface area contributed by atoms with Crippen molar-refractivity contribution in [2.24, 2.45) is 0 Å². The molecule has 1 fully saturated rings. The normalized spacial score (nSPS) is 14.3. The molecule has 0 atom stereocenters. The van der Waals surface area contributed by atoms with Gasteiger partial charge in [0.25, 0.3) is 5.91 Å². The van der Waals surface area contributed by atoms with Gasteiger partial charge in [0.2, 0.25) is 0 Å². The molecule has 0 radical (unpaired) electrons. The van der Waals surface area contributed by atoms with Gasteiger partial charge in [-0.05, 0) is 55.9 Å². The number of benzene rings is 2. The Balaban J connectivity index is 1.96. The van der Waals surface area contributed by atoms with E-state index in [9.17, 15) is 15.0 Å². The molecular formula is C20H20N2O4. The molecule has 4 rings (SSSR count). The summed E-state index contributed by atoms with van der Waals surface area (Å²) in [6.45, 7) is 2.53. The van der Waals surface area contributed by atoms with Gasteiger partial charge < -0.3 is 19.9 Å². The fourth-order valence-corrected chi connectivity index (χ4v) is 3.33. The van der Waals surface area contributed by atoms with Crippen molar-refractivity contribution in [3.8, 4) is 22.8 Å². The molecule has 0 bridgehead atoms. The zero-order valence-corrected chi connectivity index (χ0v) is 14.5. The summed E-state index contributed by atoms with van der Waals surface area (Å²) in [5.74, 6) is 0.451. The first-order chi connectivity index (χ1) is 12.6. The van der Waals surface area contributed by atoms with Gasteiger partial charge >= 0.3 is 0 Å². The summed E-state index contributed by atoms with van der Waals surface area (Å²) in [5, 5.41) is 23.3. The van der Waals surface area contributed by atoms with Gasteiger partial charge in [0.05, 0.1) is 5.56 Å². The van der Waals surface area contributed by atoms with E-state index in [4.69, 9.17) is 4.42 Å². The van der Waals surface area contributed by atoms with E-state index < -0.39 is 0 Å². The van der Waals surface area contributed by atoms with E-state index in [2.05, 4.69) is 10.2 Å². The first-order valence-corrected chi connectivity index (χ1v) is 8.59. The van der Waals surface area contributed by atoms with Crippen LogP contribution in [0.4, 0.5) is 0 Å². The zero-order valence-electron chi connectivity index (χ0n) is 14.5. The molecule has 1 saturated heterocycles. The standard InChI is InChI=1S/C20H20N2O4/c1-21-20(25)18-17-14(11-22-9-2-10-22)15(24)7-8-16(17)26-19(18)12-3-5-13(23)6-4-12/h3-8,23-24H,2,9-11H2,1H3,(H,21,25). The lowest BCUT2D eigenvalue weighted by Gasteiger charge is -2.31. The highest BCUT2D eigenvalue weighted by molar-refractivity contribution is 6.12. The number of furan rings is 1. The second-order valence-electron chi connectivity index (χ2n) is 6.50. The SMILES string of the molecule is CNC(=O)c1c(-c2ccc(O)cc2)oc2ccc(O)c(CN3CCC3)c12.